The summed E-state index contributed by atoms with van der Waals surface area (Å²) in [5.74, 6) is 0.790. The molecular weight excluding hydrogens is 356 g/mol. The van der Waals surface area contributed by atoms with Crippen molar-refractivity contribution in [2.45, 2.75) is 52.2 Å². The summed E-state index contributed by atoms with van der Waals surface area (Å²) in [5, 5.41) is 9.86. The summed E-state index contributed by atoms with van der Waals surface area (Å²) in [6.07, 6.45) is 1.04. The lowest BCUT2D eigenvalue weighted by atomic mass is 9.93. The molecule has 27 heavy (non-hydrogen) atoms. The lowest BCUT2D eigenvalue weighted by molar-refractivity contribution is 0.0646. The quantitative estimate of drug-likeness (QED) is 0.403. The fraction of sp³-hybridized carbons (Fsp3) is 0.524. The van der Waals surface area contributed by atoms with Gasteiger partial charge in [0, 0.05) is 31.0 Å². The van der Waals surface area contributed by atoms with Gasteiger partial charge >= 0.3 is 0 Å². The molecule has 1 unspecified atom stereocenters. The fourth-order valence-electron chi connectivity index (χ4n) is 2.48. The number of nitrogens with one attached hydrogen (secondary N) is 2. The van der Waals surface area contributed by atoms with Crippen LogP contribution in [0.3, 0.4) is 0 Å². The molecule has 1 aromatic heterocycles. The second-order valence-electron chi connectivity index (χ2n) is 7.51. The first kappa shape index (κ1) is 21.4. The van der Waals surface area contributed by atoms with Gasteiger partial charge < -0.3 is 15.4 Å². The van der Waals surface area contributed by atoms with Crippen molar-refractivity contribution in [2.75, 3.05) is 20.2 Å². The van der Waals surface area contributed by atoms with Crippen molar-refractivity contribution in [1.82, 2.24) is 15.6 Å². The average molecular weight is 389 g/mol. The number of aliphatic imine (C=N–C) groups is 1. The van der Waals surface area contributed by atoms with Gasteiger partial charge in [0.15, 0.2) is 5.96 Å². The first-order valence-electron chi connectivity index (χ1n) is 9.46. The van der Waals surface area contributed by atoms with E-state index in [0.29, 0.717) is 13.2 Å². The van der Waals surface area contributed by atoms with Crippen LogP contribution in [0.5, 0.6) is 0 Å². The van der Waals surface area contributed by atoms with Crippen molar-refractivity contribution < 1.29 is 4.74 Å². The molecule has 0 aliphatic heterocycles. The predicted molar refractivity (Wildman–Crippen MR) is 114 cm³/mol. The van der Waals surface area contributed by atoms with E-state index in [9.17, 15) is 0 Å². The molecule has 1 atom stereocenters. The van der Waals surface area contributed by atoms with Crippen molar-refractivity contribution in [1.29, 1.82) is 0 Å². The first-order valence-corrected chi connectivity index (χ1v) is 10.3. The summed E-state index contributed by atoms with van der Waals surface area (Å²) in [7, 11) is 1.78. The number of thiazole rings is 1. The minimum absolute atomic E-state index is 0.0889. The number of nitrogens with zero attached hydrogens (tertiary/aromatic N) is 2. The van der Waals surface area contributed by atoms with E-state index in [0.717, 1.165) is 29.6 Å². The number of hydrogen-bond acceptors (Lipinski definition) is 4. The molecule has 0 saturated heterocycles. The second-order valence-corrected chi connectivity index (χ2v) is 8.45. The van der Waals surface area contributed by atoms with Gasteiger partial charge in [0.25, 0.3) is 0 Å². The van der Waals surface area contributed by atoms with E-state index in [2.05, 4.69) is 60.8 Å². The van der Waals surface area contributed by atoms with E-state index in [1.807, 2.05) is 18.2 Å². The molecule has 148 valence electrons. The number of guanidine groups is 1. The maximum Gasteiger partial charge on any atom is 0.191 e. The number of ether oxygens (including phenoxy) is 1. The van der Waals surface area contributed by atoms with Gasteiger partial charge in [-0.15, -0.1) is 11.3 Å². The third-order valence-electron chi connectivity index (χ3n) is 4.20. The molecule has 2 rings (SSSR count). The molecule has 1 heterocycles. The Hall–Kier alpha value is -1.92. The minimum Gasteiger partial charge on any atom is -0.374 e. The van der Waals surface area contributed by atoms with Crippen LogP contribution >= 0.6 is 11.3 Å². The highest BCUT2D eigenvalue weighted by Gasteiger charge is 2.17. The minimum atomic E-state index is 0.0889. The van der Waals surface area contributed by atoms with Gasteiger partial charge in [0.1, 0.15) is 5.01 Å². The van der Waals surface area contributed by atoms with Gasteiger partial charge in [-0.3, -0.25) is 4.99 Å². The largest absolute Gasteiger partial charge is 0.374 e. The van der Waals surface area contributed by atoms with Crippen LogP contribution < -0.4 is 10.6 Å². The summed E-state index contributed by atoms with van der Waals surface area (Å²) < 4.78 is 5.90. The molecule has 1 aromatic carbocycles. The predicted octanol–water partition coefficient (Wildman–Crippen LogP) is 4.27. The molecule has 0 spiro atoms. The van der Waals surface area contributed by atoms with Crippen LogP contribution in [0.15, 0.2) is 40.7 Å². The van der Waals surface area contributed by atoms with Crippen molar-refractivity contribution >= 4 is 17.3 Å². The van der Waals surface area contributed by atoms with E-state index < -0.39 is 0 Å². The monoisotopic (exact) mass is 388 g/mol. The molecule has 0 saturated carbocycles. The number of benzene rings is 1. The zero-order valence-electron chi connectivity index (χ0n) is 17.1. The maximum absolute atomic E-state index is 5.90. The Labute approximate surface area is 167 Å². The first-order chi connectivity index (χ1) is 12.9. The van der Waals surface area contributed by atoms with E-state index in [4.69, 9.17) is 9.72 Å². The zero-order chi connectivity index (χ0) is 19.7. The van der Waals surface area contributed by atoms with Gasteiger partial charge in [-0.25, -0.2) is 4.98 Å². The number of hydrogen-bond donors (Lipinski definition) is 2. The lowest BCUT2D eigenvalue weighted by Crippen LogP contribution is -2.37. The third-order valence-corrected chi connectivity index (χ3v) is 5.05. The molecular formula is C21H32N4OS. The van der Waals surface area contributed by atoms with E-state index in [-0.39, 0.29) is 11.5 Å². The fourth-order valence-corrected chi connectivity index (χ4v) is 3.44. The smallest absolute Gasteiger partial charge is 0.191 e. The lowest BCUT2D eigenvalue weighted by Gasteiger charge is -2.15. The molecule has 6 heteroatoms. The maximum atomic E-state index is 5.90. The van der Waals surface area contributed by atoms with Crippen molar-refractivity contribution in [3.05, 3.63) is 52.0 Å². The van der Waals surface area contributed by atoms with Crippen LogP contribution in [-0.4, -0.2) is 31.1 Å². The number of rotatable bonds is 8. The number of aromatic nitrogens is 1. The van der Waals surface area contributed by atoms with Crippen LogP contribution in [0.4, 0.5) is 0 Å². The van der Waals surface area contributed by atoms with Crippen molar-refractivity contribution in [3.8, 4) is 0 Å². The van der Waals surface area contributed by atoms with Crippen LogP contribution in [0, 0.1) is 0 Å². The summed E-state index contributed by atoms with van der Waals surface area (Å²) in [5.41, 5.74) is 2.43. The Bertz CT molecular complexity index is 706. The van der Waals surface area contributed by atoms with Gasteiger partial charge in [-0.2, -0.15) is 0 Å². The third kappa shape index (κ3) is 7.31. The Balaban J connectivity index is 1.65. The standard InChI is InChI=1S/C21H32N4OS/c1-16(17-10-7-6-8-11-17)26-13-9-12-23-20(22-5)24-14-19-25-18(15-27-19)21(2,3)4/h6-8,10-11,15-16H,9,12-14H2,1-5H3,(H2,22,23,24). The Morgan fingerprint density at radius 2 is 1.96 bits per heavy atom. The van der Waals surface area contributed by atoms with E-state index >= 15 is 0 Å². The molecule has 0 radical (unpaired) electrons. The van der Waals surface area contributed by atoms with Crippen LogP contribution in [0.2, 0.25) is 0 Å². The van der Waals surface area contributed by atoms with Crippen LogP contribution in [0.25, 0.3) is 0 Å². The Morgan fingerprint density at radius 1 is 1.22 bits per heavy atom. The second kappa shape index (κ2) is 10.4. The summed E-state index contributed by atoms with van der Waals surface area (Å²) >= 11 is 1.69. The van der Waals surface area contributed by atoms with E-state index in [1.54, 1.807) is 18.4 Å². The highest BCUT2D eigenvalue weighted by molar-refractivity contribution is 7.09. The SMILES string of the molecule is CN=C(NCCCOC(C)c1ccccc1)NCc1nc(C(C)(C)C)cs1. The van der Waals surface area contributed by atoms with Crippen LogP contribution in [-0.2, 0) is 16.7 Å². The molecule has 2 N–H and O–H groups in total. The highest BCUT2D eigenvalue weighted by Crippen LogP contribution is 2.23. The summed E-state index contributed by atoms with van der Waals surface area (Å²) in [4.78, 5) is 8.97. The average Bonchev–Trinajstić information content (AvgIpc) is 3.14. The van der Waals surface area contributed by atoms with Gasteiger partial charge in [0.2, 0.25) is 0 Å². The summed E-state index contributed by atoms with van der Waals surface area (Å²) in [6.45, 7) is 10.8. The van der Waals surface area contributed by atoms with Gasteiger partial charge in [-0.1, -0.05) is 51.1 Å². The zero-order valence-corrected chi connectivity index (χ0v) is 17.9. The molecule has 0 fully saturated rings. The van der Waals surface area contributed by atoms with Crippen LogP contribution in [0.1, 0.15) is 56.5 Å². The molecule has 2 aromatic rings. The van der Waals surface area contributed by atoms with E-state index in [1.165, 1.54) is 5.56 Å². The molecule has 0 amide bonds. The molecule has 0 bridgehead atoms. The summed E-state index contributed by atoms with van der Waals surface area (Å²) in [6, 6.07) is 10.3. The molecule has 0 aliphatic rings. The van der Waals surface area contributed by atoms with Gasteiger partial charge in [-0.05, 0) is 18.9 Å². The van der Waals surface area contributed by atoms with Crippen molar-refractivity contribution in [2.24, 2.45) is 4.99 Å². The topological polar surface area (TPSA) is 58.5 Å². The molecule has 5 nitrogen and oxygen atoms in total. The normalized spacial score (nSPS) is 13.4. The molecule has 0 aliphatic carbocycles. The highest BCUT2D eigenvalue weighted by atomic mass is 32.1. The van der Waals surface area contributed by atoms with Crippen molar-refractivity contribution in [3.63, 3.8) is 0 Å². The Morgan fingerprint density at radius 3 is 2.59 bits per heavy atom. The van der Waals surface area contributed by atoms with Gasteiger partial charge in [0.05, 0.1) is 18.3 Å². The Kier molecular flexibility index (Phi) is 8.25.